The van der Waals surface area contributed by atoms with Gasteiger partial charge in [-0.3, -0.25) is 4.79 Å². The van der Waals surface area contributed by atoms with Crippen molar-refractivity contribution in [1.29, 1.82) is 0 Å². The molecule has 1 fully saturated rings. The van der Waals surface area contributed by atoms with E-state index < -0.39 is 27.6 Å². The van der Waals surface area contributed by atoms with Crippen LogP contribution in [0.2, 0.25) is 0 Å². The Morgan fingerprint density at radius 3 is 2.52 bits per heavy atom. The first kappa shape index (κ1) is 18.0. The van der Waals surface area contributed by atoms with E-state index in [-0.39, 0.29) is 16.3 Å². The molecule has 0 unspecified atom stereocenters. The Kier molecular flexibility index (Phi) is 5.16. The summed E-state index contributed by atoms with van der Waals surface area (Å²) in [5.74, 6) is -2.68. The van der Waals surface area contributed by atoms with Crippen LogP contribution in [0.1, 0.15) is 28.1 Å². The summed E-state index contributed by atoms with van der Waals surface area (Å²) in [6.45, 7) is 1.17. The molecule has 1 aromatic carbocycles. The maximum atomic E-state index is 13.2. The third-order valence-corrected chi connectivity index (χ3v) is 7.35. The van der Waals surface area contributed by atoms with Crippen molar-refractivity contribution in [3.63, 3.8) is 0 Å². The lowest BCUT2D eigenvalue weighted by Gasteiger charge is -2.13. The van der Waals surface area contributed by atoms with E-state index in [1.807, 2.05) is 0 Å². The molecule has 1 N–H and O–H groups in total. The second-order valence-corrected chi connectivity index (χ2v) is 8.98. The molecule has 3 rings (SSSR count). The molecule has 0 bridgehead atoms. The minimum atomic E-state index is -3.47. The van der Waals surface area contributed by atoms with Crippen molar-refractivity contribution < 1.29 is 22.0 Å². The summed E-state index contributed by atoms with van der Waals surface area (Å²) in [7, 11) is -3.47. The van der Waals surface area contributed by atoms with Gasteiger partial charge in [0.1, 0.15) is 4.21 Å². The zero-order valence-electron chi connectivity index (χ0n) is 13.2. The predicted molar refractivity (Wildman–Crippen MR) is 89.8 cm³/mol. The highest BCUT2D eigenvalue weighted by molar-refractivity contribution is 7.91. The molecule has 2 aromatic rings. The van der Waals surface area contributed by atoms with E-state index in [0.717, 1.165) is 36.3 Å². The lowest BCUT2D eigenvalue weighted by Crippen LogP contribution is -2.27. The number of carbonyl (C=O) groups is 1. The van der Waals surface area contributed by atoms with Crippen LogP contribution in [-0.2, 0) is 16.6 Å². The van der Waals surface area contributed by atoms with E-state index in [4.69, 9.17) is 0 Å². The molecule has 0 saturated carbocycles. The van der Waals surface area contributed by atoms with Crippen LogP contribution in [0.4, 0.5) is 8.78 Å². The van der Waals surface area contributed by atoms with Crippen LogP contribution >= 0.6 is 11.3 Å². The molecular weight excluding hydrogens is 370 g/mol. The van der Waals surface area contributed by atoms with Gasteiger partial charge in [-0.2, -0.15) is 4.31 Å². The zero-order chi connectivity index (χ0) is 18.0. The molecule has 134 valence electrons. The van der Waals surface area contributed by atoms with Gasteiger partial charge in [-0.1, -0.05) is 0 Å². The molecule has 5 nitrogen and oxygen atoms in total. The van der Waals surface area contributed by atoms with Crippen LogP contribution in [0.3, 0.4) is 0 Å². The smallest absolute Gasteiger partial charge is 0.252 e. The highest BCUT2D eigenvalue weighted by Crippen LogP contribution is 2.27. The van der Waals surface area contributed by atoms with Crippen LogP contribution in [0, 0.1) is 11.6 Å². The Morgan fingerprint density at radius 2 is 1.84 bits per heavy atom. The van der Waals surface area contributed by atoms with E-state index in [2.05, 4.69) is 5.32 Å². The van der Waals surface area contributed by atoms with Gasteiger partial charge in [0.25, 0.3) is 15.9 Å². The van der Waals surface area contributed by atoms with Crippen molar-refractivity contribution in [3.8, 4) is 0 Å². The highest BCUT2D eigenvalue weighted by Gasteiger charge is 2.28. The van der Waals surface area contributed by atoms with Gasteiger partial charge in [-0.05, 0) is 43.2 Å². The maximum Gasteiger partial charge on any atom is 0.252 e. The van der Waals surface area contributed by atoms with Crippen LogP contribution in [0.5, 0.6) is 0 Å². The summed E-state index contributed by atoms with van der Waals surface area (Å²) >= 11 is 1.09. The van der Waals surface area contributed by atoms with E-state index >= 15 is 0 Å². The summed E-state index contributed by atoms with van der Waals surface area (Å²) in [5.41, 5.74) is 0.000341. The van der Waals surface area contributed by atoms with Crippen LogP contribution < -0.4 is 5.32 Å². The fourth-order valence-corrected chi connectivity index (χ4v) is 5.52. The van der Waals surface area contributed by atoms with E-state index in [0.29, 0.717) is 18.0 Å². The maximum absolute atomic E-state index is 13.2. The van der Waals surface area contributed by atoms with Crippen LogP contribution in [0.25, 0.3) is 0 Å². The Hall–Kier alpha value is -1.84. The molecule has 0 radical (unpaired) electrons. The lowest BCUT2D eigenvalue weighted by atomic mass is 10.2. The molecule has 1 aliphatic rings. The molecule has 9 heteroatoms. The van der Waals surface area contributed by atoms with Crippen LogP contribution in [0.15, 0.2) is 34.5 Å². The van der Waals surface area contributed by atoms with Gasteiger partial charge in [-0.15, -0.1) is 11.3 Å². The second kappa shape index (κ2) is 7.19. The standard InChI is InChI=1S/C16H16F2N2O3S2/c17-13-5-3-11(9-14(13)18)16(21)19-10-12-4-6-15(24-12)25(22,23)20-7-1-2-8-20/h3-6,9H,1-2,7-8,10H2,(H,19,21). The van der Waals surface area contributed by atoms with Gasteiger partial charge in [0, 0.05) is 23.5 Å². The Balaban J connectivity index is 1.65. The first-order chi connectivity index (χ1) is 11.9. The third kappa shape index (κ3) is 3.88. The average molecular weight is 386 g/mol. The molecule has 0 spiro atoms. The molecule has 1 aromatic heterocycles. The van der Waals surface area contributed by atoms with Gasteiger partial charge in [-0.25, -0.2) is 17.2 Å². The molecule has 1 aliphatic heterocycles. The Labute approximate surface area is 148 Å². The number of thiophene rings is 1. The highest BCUT2D eigenvalue weighted by atomic mass is 32.2. The minimum absolute atomic E-state index is 0.000341. The summed E-state index contributed by atoms with van der Waals surface area (Å²) in [5, 5.41) is 2.57. The van der Waals surface area contributed by atoms with Crippen LogP contribution in [-0.4, -0.2) is 31.7 Å². The van der Waals surface area contributed by atoms with Crippen molar-refractivity contribution in [1.82, 2.24) is 9.62 Å². The number of rotatable bonds is 5. The fourth-order valence-electron chi connectivity index (χ4n) is 2.55. The SMILES string of the molecule is O=C(NCc1ccc(S(=O)(=O)N2CCCC2)s1)c1ccc(F)c(F)c1. The number of amides is 1. The van der Waals surface area contributed by atoms with Gasteiger partial charge < -0.3 is 5.32 Å². The normalized spacial score (nSPS) is 15.4. The number of carbonyl (C=O) groups excluding carboxylic acids is 1. The summed E-state index contributed by atoms with van der Waals surface area (Å²) in [6.07, 6.45) is 1.73. The summed E-state index contributed by atoms with van der Waals surface area (Å²) in [6, 6.07) is 6.06. The second-order valence-electron chi connectivity index (χ2n) is 5.64. The zero-order valence-corrected chi connectivity index (χ0v) is 14.8. The first-order valence-electron chi connectivity index (χ1n) is 7.70. The summed E-state index contributed by atoms with van der Waals surface area (Å²) < 4.78 is 52.7. The monoisotopic (exact) mass is 386 g/mol. The summed E-state index contributed by atoms with van der Waals surface area (Å²) in [4.78, 5) is 12.6. The van der Waals surface area contributed by atoms with Gasteiger partial charge >= 0.3 is 0 Å². The largest absolute Gasteiger partial charge is 0.347 e. The number of nitrogens with one attached hydrogen (secondary N) is 1. The molecule has 0 atom stereocenters. The third-order valence-electron chi connectivity index (χ3n) is 3.90. The molecule has 2 heterocycles. The number of hydrogen-bond acceptors (Lipinski definition) is 4. The van der Waals surface area contributed by atoms with Gasteiger partial charge in [0.05, 0.1) is 6.54 Å². The van der Waals surface area contributed by atoms with Crippen molar-refractivity contribution >= 4 is 27.3 Å². The van der Waals surface area contributed by atoms with Gasteiger partial charge in [0.2, 0.25) is 0 Å². The minimum Gasteiger partial charge on any atom is -0.347 e. The molecule has 0 aliphatic carbocycles. The van der Waals surface area contributed by atoms with E-state index in [9.17, 15) is 22.0 Å². The Morgan fingerprint density at radius 1 is 1.12 bits per heavy atom. The molecule has 1 amide bonds. The lowest BCUT2D eigenvalue weighted by molar-refractivity contribution is 0.0950. The van der Waals surface area contributed by atoms with E-state index in [1.165, 1.54) is 16.4 Å². The quantitative estimate of drug-likeness (QED) is 0.859. The number of benzene rings is 1. The average Bonchev–Trinajstić information content (AvgIpc) is 3.27. The molecule has 1 saturated heterocycles. The topological polar surface area (TPSA) is 66.5 Å². The number of halogens is 2. The van der Waals surface area contributed by atoms with Gasteiger partial charge in [0.15, 0.2) is 11.6 Å². The molecule has 25 heavy (non-hydrogen) atoms. The number of sulfonamides is 1. The molecular formula is C16H16F2N2O3S2. The Bertz CT molecular complexity index is 891. The van der Waals surface area contributed by atoms with Crippen molar-refractivity contribution in [2.24, 2.45) is 0 Å². The van der Waals surface area contributed by atoms with Crippen molar-refractivity contribution in [2.45, 2.75) is 23.6 Å². The number of nitrogens with zero attached hydrogens (tertiary/aromatic N) is 1. The fraction of sp³-hybridized carbons (Fsp3) is 0.312. The van der Waals surface area contributed by atoms with E-state index in [1.54, 1.807) is 6.07 Å². The van der Waals surface area contributed by atoms with Crippen molar-refractivity contribution in [3.05, 3.63) is 52.4 Å². The first-order valence-corrected chi connectivity index (χ1v) is 9.96. The van der Waals surface area contributed by atoms with Crippen molar-refractivity contribution in [2.75, 3.05) is 13.1 Å². The predicted octanol–water partition coefficient (Wildman–Crippen LogP) is 2.74. The number of hydrogen-bond donors (Lipinski definition) is 1.